The van der Waals surface area contributed by atoms with E-state index in [4.69, 9.17) is 0 Å². The maximum absolute atomic E-state index is 10.6. The molecule has 0 rings (SSSR count). The summed E-state index contributed by atoms with van der Waals surface area (Å²) in [5, 5.41) is 2.75. The highest BCUT2D eigenvalue weighted by Crippen LogP contribution is 2.32. The van der Waals surface area contributed by atoms with Crippen LogP contribution in [0.2, 0.25) is 0 Å². The Balaban J connectivity index is 0. The molecule has 0 bridgehead atoms. The minimum atomic E-state index is 0.0550. The number of allylic oxidation sites excluding steroid dienone is 1. The molecule has 0 aliphatic rings. The van der Waals surface area contributed by atoms with E-state index in [-0.39, 0.29) is 5.91 Å². The molecule has 0 spiro atoms. The van der Waals surface area contributed by atoms with E-state index in [2.05, 4.69) is 32.7 Å². The van der Waals surface area contributed by atoms with Crippen LogP contribution in [0, 0.1) is 11.3 Å². The van der Waals surface area contributed by atoms with Gasteiger partial charge in [0.15, 0.2) is 0 Å². The number of amides is 2. The number of rotatable bonds is 11. The number of hydrogen-bond acceptors (Lipinski definition) is 2. The van der Waals surface area contributed by atoms with Crippen molar-refractivity contribution >= 4 is 12.3 Å². The summed E-state index contributed by atoms with van der Waals surface area (Å²) in [7, 11) is 1.85. The SMILES string of the molecule is C=CCCC(C)(C)CC(CC)CN(C)C=O.CCC(C)NC(C)=O. The highest BCUT2D eigenvalue weighted by Gasteiger charge is 2.22. The van der Waals surface area contributed by atoms with Crippen molar-refractivity contribution in [2.75, 3.05) is 13.6 Å². The molecule has 4 heteroatoms. The zero-order chi connectivity index (χ0) is 19.2. The molecule has 0 aromatic carbocycles. The minimum absolute atomic E-state index is 0.0550. The molecule has 0 aromatic rings. The van der Waals surface area contributed by atoms with Crippen molar-refractivity contribution in [3.05, 3.63) is 12.7 Å². The Kier molecular flexibility index (Phi) is 14.6. The first-order chi connectivity index (χ1) is 11.1. The lowest BCUT2D eigenvalue weighted by Crippen LogP contribution is -2.29. The fourth-order valence-corrected chi connectivity index (χ4v) is 2.61. The standard InChI is InChI=1S/C14H27NO.C6H13NO/c1-6-8-9-14(3,4)10-13(7-2)11-15(5)12-16;1-4-5(2)7-6(3)8/h6,12-13H,1,7-11H2,2-5H3;5H,4H2,1-3H3,(H,7,8). The summed E-state index contributed by atoms with van der Waals surface area (Å²) in [5.41, 5.74) is 0.346. The van der Waals surface area contributed by atoms with Crippen molar-refractivity contribution in [3.63, 3.8) is 0 Å². The molecule has 0 fully saturated rings. The van der Waals surface area contributed by atoms with Crippen LogP contribution in [0.3, 0.4) is 0 Å². The molecule has 1 N–H and O–H groups in total. The van der Waals surface area contributed by atoms with Gasteiger partial charge in [0.1, 0.15) is 0 Å². The average molecular weight is 341 g/mol. The van der Waals surface area contributed by atoms with Crippen LogP contribution < -0.4 is 5.32 Å². The monoisotopic (exact) mass is 340 g/mol. The summed E-state index contributed by atoms with van der Waals surface area (Å²) in [5.74, 6) is 0.661. The Bertz CT molecular complexity index is 354. The zero-order valence-corrected chi connectivity index (χ0v) is 17.0. The van der Waals surface area contributed by atoms with E-state index in [0.29, 0.717) is 17.4 Å². The predicted octanol–water partition coefficient (Wildman–Crippen LogP) is 4.40. The number of nitrogens with zero attached hydrogens (tertiary/aromatic N) is 1. The van der Waals surface area contributed by atoms with Crippen LogP contribution in [0.15, 0.2) is 12.7 Å². The first-order valence-corrected chi connectivity index (χ1v) is 9.15. The molecule has 2 amide bonds. The largest absolute Gasteiger partial charge is 0.354 e. The van der Waals surface area contributed by atoms with E-state index >= 15 is 0 Å². The molecule has 0 saturated heterocycles. The van der Waals surface area contributed by atoms with Gasteiger partial charge in [-0.15, -0.1) is 6.58 Å². The van der Waals surface area contributed by atoms with Gasteiger partial charge >= 0.3 is 0 Å². The molecule has 0 aromatic heterocycles. The summed E-state index contributed by atoms with van der Waals surface area (Å²) in [6, 6.07) is 0.326. The second-order valence-corrected chi connectivity index (χ2v) is 7.52. The van der Waals surface area contributed by atoms with E-state index in [9.17, 15) is 9.59 Å². The summed E-state index contributed by atoms with van der Waals surface area (Å²) in [6.45, 7) is 17.0. The maximum Gasteiger partial charge on any atom is 0.217 e. The van der Waals surface area contributed by atoms with Crippen LogP contribution in [0.4, 0.5) is 0 Å². The summed E-state index contributed by atoms with van der Waals surface area (Å²) in [4.78, 5) is 22.7. The van der Waals surface area contributed by atoms with Crippen molar-refractivity contribution in [3.8, 4) is 0 Å². The first-order valence-electron chi connectivity index (χ1n) is 9.15. The summed E-state index contributed by atoms with van der Waals surface area (Å²) >= 11 is 0. The second kappa shape index (κ2) is 14.1. The van der Waals surface area contributed by atoms with Gasteiger partial charge in [-0.3, -0.25) is 9.59 Å². The lowest BCUT2D eigenvalue weighted by Gasteiger charge is -2.30. The smallest absolute Gasteiger partial charge is 0.217 e. The first kappa shape index (κ1) is 24.9. The van der Waals surface area contributed by atoms with Crippen molar-refractivity contribution in [2.24, 2.45) is 11.3 Å². The van der Waals surface area contributed by atoms with Gasteiger partial charge in [0.2, 0.25) is 12.3 Å². The van der Waals surface area contributed by atoms with Gasteiger partial charge in [-0.1, -0.05) is 40.2 Å². The molecular weight excluding hydrogens is 300 g/mol. The fourth-order valence-electron chi connectivity index (χ4n) is 2.61. The number of nitrogens with one attached hydrogen (secondary N) is 1. The molecule has 0 heterocycles. The lowest BCUT2D eigenvalue weighted by molar-refractivity contribution is -0.119. The zero-order valence-electron chi connectivity index (χ0n) is 17.0. The molecule has 24 heavy (non-hydrogen) atoms. The molecule has 0 aliphatic carbocycles. The van der Waals surface area contributed by atoms with Crippen LogP contribution in [0.1, 0.15) is 73.6 Å². The van der Waals surface area contributed by atoms with E-state index in [0.717, 1.165) is 32.2 Å². The molecule has 2 unspecified atom stereocenters. The van der Waals surface area contributed by atoms with Crippen molar-refractivity contribution in [1.82, 2.24) is 10.2 Å². The molecule has 0 aliphatic heterocycles. The van der Waals surface area contributed by atoms with Gasteiger partial charge in [-0.2, -0.15) is 0 Å². The third-order valence-electron chi connectivity index (χ3n) is 4.23. The number of hydrogen-bond donors (Lipinski definition) is 1. The Labute approximate surface area is 150 Å². The molecule has 2 atom stereocenters. The summed E-state index contributed by atoms with van der Waals surface area (Å²) in [6.07, 6.45) is 8.47. The fraction of sp³-hybridized carbons (Fsp3) is 0.800. The van der Waals surface area contributed by atoms with Gasteiger partial charge in [0.05, 0.1) is 0 Å². The van der Waals surface area contributed by atoms with E-state index < -0.39 is 0 Å². The molecule has 142 valence electrons. The minimum Gasteiger partial charge on any atom is -0.354 e. The van der Waals surface area contributed by atoms with Crippen LogP contribution >= 0.6 is 0 Å². The third-order valence-corrected chi connectivity index (χ3v) is 4.23. The molecular formula is C20H40N2O2. The van der Waals surface area contributed by atoms with Crippen molar-refractivity contribution < 1.29 is 9.59 Å². The average Bonchev–Trinajstić information content (AvgIpc) is 2.51. The van der Waals surface area contributed by atoms with Crippen LogP contribution in [0.5, 0.6) is 0 Å². The van der Waals surface area contributed by atoms with Crippen molar-refractivity contribution in [1.29, 1.82) is 0 Å². The second-order valence-electron chi connectivity index (χ2n) is 7.52. The Morgan fingerprint density at radius 3 is 2.21 bits per heavy atom. The van der Waals surface area contributed by atoms with Crippen molar-refractivity contribution in [2.45, 2.75) is 79.7 Å². The highest BCUT2D eigenvalue weighted by molar-refractivity contribution is 5.73. The van der Waals surface area contributed by atoms with Gasteiger partial charge in [-0.05, 0) is 43.9 Å². The third kappa shape index (κ3) is 15.6. The van der Waals surface area contributed by atoms with Gasteiger partial charge in [0, 0.05) is 26.6 Å². The van der Waals surface area contributed by atoms with Crippen LogP contribution in [-0.2, 0) is 9.59 Å². The molecule has 0 saturated carbocycles. The van der Waals surface area contributed by atoms with Gasteiger partial charge in [0.25, 0.3) is 0 Å². The van der Waals surface area contributed by atoms with E-state index in [1.165, 1.54) is 19.8 Å². The van der Waals surface area contributed by atoms with E-state index in [1.807, 2.05) is 27.0 Å². The summed E-state index contributed by atoms with van der Waals surface area (Å²) < 4.78 is 0. The van der Waals surface area contributed by atoms with Gasteiger partial charge < -0.3 is 10.2 Å². The molecule has 4 nitrogen and oxygen atoms in total. The van der Waals surface area contributed by atoms with Crippen LogP contribution in [0.25, 0.3) is 0 Å². The Hall–Kier alpha value is -1.32. The van der Waals surface area contributed by atoms with Crippen LogP contribution in [-0.4, -0.2) is 36.9 Å². The quantitative estimate of drug-likeness (QED) is 0.447. The number of carbonyl (C=O) groups is 2. The predicted molar refractivity (Wildman–Crippen MR) is 104 cm³/mol. The highest BCUT2D eigenvalue weighted by atomic mass is 16.1. The number of carbonyl (C=O) groups excluding carboxylic acids is 2. The Morgan fingerprint density at radius 1 is 1.29 bits per heavy atom. The topological polar surface area (TPSA) is 49.4 Å². The lowest BCUT2D eigenvalue weighted by atomic mass is 9.78. The maximum atomic E-state index is 10.6. The normalized spacial score (nSPS) is 13.1. The Morgan fingerprint density at radius 2 is 1.88 bits per heavy atom. The van der Waals surface area contributed by atoms with E-state index in [1.54, 1.807) is 4.90 Å². The molecule has 0 radical (unpaired) electrons. The van der Waals surface area contributed by atoms with Gasteiger partial charge in [-0.25, -0.2) is 0 Å².